The standard InChI is InChI=1S/C11H14N4O2S/c1-15(10-4-5-13-7-10)18(16,17)11-3-2-9(6-12)14-8-11/h2-3,8,10,13H,4-5,7H2,1H3. The lowest BCUT2D eigenvalue weighted by atomic mass is 10.3. The Labute approximate surface area is 106 Å². The largest absolute Gasteiger partial charge is 0.315 e. The highest BCUT2D eigenvalue weighted by Crippen LogP contribution is 2.18. The molecule has 1 atom stereocenters. The van der Waals surface area contributed by atoms with Crippen LogP contribution >= 0.6 is 0 Å². The summed E-state index contributed by atoms with van der Waals surface area (Å²) in [5.41, 5.74) is 0.208. The topological polar surface area (TPSA) is 86.1 Å². The average molecular weight is 266 g/mol. The third-order valence-electron chi connectivity index (χ3n) is 3.08. The van der Waals surface area contributed by atoms with Crippen LogP contribution in [0.15, 0.2) is 23.2 Å². The Kier molecular flexibility index (Phi) is 3.61. The molecule has 96 valence electrons. The van der Waals surface area contributed by atoms with Gasteiger partial charge >= 0.3 is 0 Å². The number of aromatic nitrogens is 1. The number of likely N-dealkylation sites (N-methyl/N-ethyl adjacent to an activating group) is 1. The molecule has 0 aromatic carbocycles. The molecule has 0 bridgehead atoms. The molecule has 1 fully saturated rings. The molecular formula is C11H14N4O2S. The van der Waals surface area contributed by atoms with Gasteiger partial charge in [-0.3, -0.25) is 0 Å². The number of hydrogen-bond acceptors (Lipinski definition) is 5. The van der Waals surface area contributed by atoms with Gasteiger partial charge < -0.3 is 5.32 Å². The summed E-state index contributed by atoms with van der Waals surface area (Å²) >= 11 is 0. The third-order valence-corrected chi connectivity index (χ3v) is 4.97. The number of nitrogens with one attached hydrogen (secondary N) is 1. The summed E-state index contributed by atoms with van der Waals surface area (Å²) in [5, 5.41) is 11.8. The molecule has 2 heterocycles. The van der Waals surface area contributed by atoms with Crippen molar-refractivity contribution in [2.24, 2.45) is 0 Å². The van der Waals surface area contributed by atoms with Gasteiger partial charge in [0.2, 0.25) is 10.0 Å². The van der Waals surface area contributed by atoms with E-state index in [0.717, 1.165) is 13.0 Å². The number of hydrogen-bond donors (Lipinski definition) is 1. The normalized spacial score (nSPS) is 19.9. The van der Waals surface area contributed by atoms with Crippen molar-refractivity contribution in [3.8, 4) is 6.07 Å². The first-order valence-corrected chi connectivity index (χ1v) is 7.04. The van der Waals surface area contributed by atoms with E-state index in [2.05, 4.69) is 10.3 Å². The van der Waals surface area contributed by atoms with Crippen molar-refractivity contribution < 1.29 is 8.42 Å². The monoisotopic (exact) mass is 266 g/mol. The van der Waals surface area contributed by atoms with E-state index in [1.807, 2.05) is 6.07 Å². The van der Waals surface area contributed by atoms with Crippen LogP contribution < -0.4 is 5.32 Å². The fraction of sp³-hybridized carbons (Fsp3) is 0.455. The van der Waals surface area contributed by atoms with Crippen molar-refractivity contribution in [1.82, 2.24) is 14.6 Å². The van der Waals surface area contributed by atoms with Crippen LogP contribution in [-0.2, 0) is 10.0 Å². The molecule has 1 aliphatic heterocycles. The molecule has 6 nitrogen and oxygen atoms in total. The maximum Gasteiger partial charge on any atom is 0.244 e. The van der Waals surface area contributed by atoms with Gasteiger partial charge in [0, 0.05) is 25.8 Å². The number of nitrogens with zero attached hydrogens (tertiary/aromatic N) is 3. The quantitative estimate of drug-likeness (QED) is 0.828. The molecule has 1 aromatic rings. The average Bonchev–Trinajstić information content (AvgIpc) is 2.91. The lowest BCUT2D eigenvalue weighted by molar-refractivity contribution is 0.387. The predicted molar refractivity (Wildman–Crippen MR) is 65.2 cm³/mol. The summed E-state index contributed by atoms with van der Waals surface area (Å²) in [6.45, 7) is 1.50. The van der Waals surface area contributed by atoms with Gasteiger partial charge in [0.1, 0.15) is 16.7 Å². The van der Waals surface area contributed by atoms with Crippen LogP contribution in [0.2, 0.25) is 0 Å². The maximum absolute atomic E-state index is 12.3. The molecule has 1 aromatic heterocycles. The first-order chi connectivity index (χ1) is 8.55. The predicted octanol–water partition coefficient (Wildman–Crippen LogP) is -0.0643. The molecule has 1 aliphatic rings. The summed E-state index contributed by atoms with van der Waals surface area (Å²) in [7, 11) is -1.95. The fourth-order valence-electron chi connectivity index (χ4n) is 1.91. The Bertz CT molecular complexity index is 556. The van der Waals surface area contributed by atoms with Crippen LogP contribution in [-0.4, -0.2) is 43.9 Å². The second kappa shape index (κ2) is 5.02. The van der Waals surface area contributed by atoms with Crippen LogP contribution in [0, 0.1) is 11.3 Å². The molecule has 0 saturated carbocycles. The Morgan fingerprint density at radius 2 is 2.33 bits per heavy atom. The Morgan fingerprint density at radius 3 is 2.83 bits per heavy atom. The van der Waals surface area contributed by atoms with E-state index >= 15 is 0 Å². The number of sulfonamides is 1. The van der Waals surface area contributed by atoms with Crippen molar-refractivity contribution in [3.05, 3.63) is 24.0 Å². The Hall–Kier alpha value is -1.49. The molecule has 1 unspecified atom stereocenters. The molecule has 2 rings (SSSR count). The van der Waals surface area contributed by atoms with Crippen molar-refractivity contribution >= 4 is 10.0 Å². The molecular weight excluding hydrogens is 252 g/mol. The molecule has 18 heavy (non-hydrogen) atoms. The maximum atomic E-state index is 12.3. The molecule has 0 aliphatic carbocycles. The SMILES string of the molecule is CN(C1CCNC1)S(=O)(=O)c1ccc(C#N)nc1. The van der Waals surface area contributed by atoms with Crippen LogP contribution in [0.25, 0.3) is 0 Å². The van der Waals surface area contributed by atoms with Crippen LogP contribution in [0.4, 0.5) is 0 Å². The molecule has 1 N–H and O–H groups in total. The van der Waals surface area contributed by atoms with E-state index in [9.17, 15) is 8.42 Å². The van der Waals surface area contributed by atoms with Crippen molar-refractivity contribution in [3.63, 3.8) is 0 Å². The molecule has 0 radical (unpaired) electrons. The van der Waals surface area contributed by atoms with Gasteiger partial charge in [-0.2, -0.15) is 9.57 Å². The zero-order valence-corrected chi connectivity index (χ0v) is 10.8. The van der Waals surface area contributed by atoms with Crippen molar-refractivity contribution in [2.75, 3.05) is 20.1 Å². The highest BCUT2D eigenvalue weighted by atomic mass is 32.2. The summed E-state index contributed by atoms with van der Waals surface area (Å²) < 4.78 is 26.0. The summed E-state index contributed by atoms with van der Waals surface area (Å²) in [4.78, 5) is 3.91. The van der Waals surface area contributed by atoms with E-state index in [-0.39, 0.29) is 16.6 Å². The van der Waals surface area contributed by atoms with Gasteiger partial charge in [-0.15, -0.1) is 0 Å². The Balaban J connectivity index is 2.26. The van der Waals surface area contributed by atoms with E-state index in [1.165, 1.54) is 22.6 Å². The summed E-state index contributed by atoms with van der Waals surface area (Å²) in [6, 6.07) is 4.66. The molecule has 0 amide bonds. The minimum atomic E-state index is -3.53. The smallest absolute Gasteiger partial charge is 0.244 e. The van der Waals surface area contributed by atoms with E-state index < -0.39 is 10.0 Å². The van der Waals surface area contributed by atoms with Crippen molar-refractivity contribution in [1.29, 1.82) is 5.26 Å². The van der Waals surface area contributed by atoms with Crippen LogP contribution in [0.1, 0.15) is 12.1 Å². The third kappa shape index (κ3) is 2.36. The van der Waals surface area contributed by atoms with Gasteiger partial charge in [0.15, 0.2) is 0 Å². The minimum absolute atomic E-state index is 0.0226. The van der Waals surface area contributed by atoms with E-state index in [1.54, 1.807) is 7.05 Å². The first kappa shape index (κ1) is 13.0. The Morgan fingerprint density at radius 1 is 1.56 bits per heavy atom. The van der Waals surface area contributed by atoms with Crippen molar-refractivity contribution in [2.45, 2.75) is 17.4 Å². The minimum Gasteiger partial charge on any atom is -0.315 e. The molecule has 1 saturated heterocycles. The fourth-order valence-corrected chi connectivity index (χ4v) is 3.24. The van der Waals surface area contributed by atoms with Gasteiger partial charge in [-0.05, 0) is 25.1 Å². The number of nitriles is 1. The second-order valence-corrected chi connectivity index (χ2v) is 6.16. The van der Waals surface area contributed by atoms with E-state index in [0.29, 0.717) is 6.54 Å². The van der Waals surface area contributed by atoms with Crippen LogP contribution in [0.5, 0.6) is 0 Å². The zero-order valence-electron chi connectivity index (χ0n) is 10.00. The van der Waals surface area contributed by atoms with Gasteiger partial charge in [0.25, 0.3) is 0 Å². The second-order valence-electron chi connectivity index (χ2n) is 4.16. The first-order valence-electron chi connectivity index (χ1n) is 5.60. The summed E-state index contributed by atoms with van der Waals surface area (Å²) in [5.74, 6) is 0. The zero-order chi connectivity index (χ0) is 13.2. The summed E-state index contributed by atoms with van der Waals surface area (Å²) in [6.07, 6.45) is 2.03. The molecule has 0 spiro atoms. The van der Waals surface area contributed by atoms with Gasteiger partial charge in [0.05, 0.1) is 0 Å². The van der Waals surface area contributed by atoms with Gasteiger partial charge in [-0.25, -0.2) is 13.4 Å². The number of pyridine rings is 1. The highest BCUT2D eigenvalue weighted by Gasteiger charge is 2.30. The molecule has 7 heteroatoms. The van der Waals surface area contributed by atoms with E-state index in [4.69, 9.17) is 5.26 Å². The highest BCUT2D eigenvalue weighted by molar-refractivity contribution is 7.89. The van der Waals surface area contributed by atoms with Crippen LogP contribution in [0.3, 0.4) is 0 Å². The van der Waals surface area contributed by atoms with Gasteiger partial charge in [-0.1, -0.05) is 0 Å². The lowest BCUT2D eigenvalue weighted by Crippen LogP contribution is -2.38. The lowest BCUT2D eigenvalue weighted by Gasteiger charge is -2.22. The number of rotatable bonds is 3.